The van der Waals surface area contributed by atoms with E-state index in [-0.39, 0.29) is 12.1 Å². The van der Waals surface area contributed by atoms with Crippen LogP contribution in [-0.4, -0.2) is 32.2 Å². The summed E-state index contributed by atoms with van der Waals surface area (Å²) in [5.41, 5.74) is 2.28. The van der Waals surface area contributed by atoms with Crippen molar-refractivity contribution in [1.29, 1.82) is 0 Å². The highest BCUT2D eigenvalue weighted by atomic mass is 16.5. The Bertz CT molecular complexity index is 425. The van der Waals surface area contributed by atoms with E-state index in [9.17, 15) is 4.79 Å². The molecule has 3 nitrogen and oxygen atoms in total. The van der Waals surface area contributed by atoms with E-state index < -0.39 is 0 Å². The molecule has 17 heavy (non-hydrogen) atoms. The fourth-order valence-corrected chi connectivity index (χ4v) is 2.17. The summed E-state index contributed by atoms with van der Waals surface area (Å²) in [7, 11) is 2.11. The fourth-order valence-electron chi connectivity index (χ4n) is 2.17. The predicted molar refractivity (Wildman–Crippen MR) is 66.6 cm³/mol. The monoisotopic (exact) mass is 232 g/mol. The van der Waals surface area contributed by atoms with Crippen LogP contribution in [-0.2, 0) is 9.53 Å². The third kappa shape index (κ3) is 2.94. The predicted octanol–water partition coefficient (Wildman–Crippen LogP) is 0.530. The van der Waals surface area contributed by atoms with E-state index in [1.165, 1.54) is 11.8 Å². The zero-order chi connectivity index (χ0) is 12.3. The van der Waals surface area contributed by atoms with Gasteiger partial charge >= 0.3 is 5.97 Å². The van der Waals surface area contributed by atoms with Crippen LogP contribution in [0.3, 0.4) is 0 Å². The van der Waals surface area contributed by atoms with Crippen LogP contribution < -0.4 is 4.90 Å². The molecule has 2 atom stereocenters. The number of quaternary nitrogens is 1. The molecule has 2 rings (SSSR count). The molecule has 1 aromatic rings. The molecule has 0 aromatic heterocycles. The maximum absolute atomic E-state index is 11.1. The van der Waals surface area contributed by atoms with Gasteiger partial charge in [0.15, 0.2) is 6.10 Å². The van der Waals surface area contributed by atoms with Crippen molar-refractivity contribution in [3.63, 3.8) is 0 Å². The van der Waals surface area contributed by atoms with E-state index in [0.29, 0.717) is 0 Å². The summed E-state index contributed by atoms with van der Waals surface area (Å²) in [6.07, 6.45) is 2.05. The lowest BCUT2D eigenvalue weighted by Gasteiger charge is -2.27. The Labute approximate surface area is 102 Å². The third-order valence-corrected chi connectivity index (χ3v) is 2.97. The molecule has 90 valence electrons. The van der Waals surface area contributed by atoms with Gasteiger partial charge in [-0.15, -0.1) is 0 Å². The van der Waals surface area contributed by atoms with E-state index in [2.05, 4.69) is 25.3 Å². The van der Waals surface area contributed by atoms with Gasteiger partial charge in [0.25, 0.3) is 0 Å². The van der Waals surface area contributed by atoms with Gasteiger partial charge in [0, 0.05) is 12.5 Å². The Morgan fingerprint density at radius 2 is 2.06 bits per heavy atom. The topological polar surface area (TPSA) is 30.7 Å². The van der Waals surface area contributed by atoms with Gasteiger partial charge in [-0.05, 0) is 11.6 Å². The molecule has 0 bridgehead atoms. The number of hydrogen-bond donors (Lipinski definition) is 1. The van der Waals surface area contributed by atoms with Gasteiger partial charge in [0.05, 0.1) is 13.6 Å². The van der Waals surface area contributed by atoms with Crippen molar-refractivity contribution in [2.24, 2.45) is 0 Å². The first kappa shape index (κ1) is 11.9. The minimum Gasteiger partial charge on any atom is -0.452 e. The van der Waals surface area contributed by atoms with E-state index >= 15 is 0 Å². The number of ether oxygens (including phenoxy) is 1. The van der Waals surface area contributed by atoms with Gasteiger partial charge in [-0.25, -0.2) is 0 Å². The second-order valence-electron chi connectivity index (χ2n) is 4.49. The molecule has 0 saturated carbocycles. The molecule has 3 heteroatoms. The first-order valence-corrected chi connectivity index (χ1v) is 5.91. The molecule has 0 saturated heterocycles. The minimum atomic E-state index is -0.216. The Balaban J connectivity index is 2.26. The summed E-state index contributed by atoms with van der Waals surface area (Å²) in [6.45, 7) is 3.27. The smallest absolute Gasteiger partial charge is 0.303 e. The van der Waals surface area contributed by atoms with Gasteiger partial charge in [-0.1, -0.05) is 30.3 Å². The molecule has 0 radical (unpaired) electrons. The third-order valence-electron chi connectivity index (χ3n) is 2.97. The van der Waals surface area contributed by atoms with Crippen molar-refractivity contribution in [3.05, 3.63) is 42.0 Å². The molecule has 1 N–H and O–H groups in total. The van der Waals surface area contributed by atoms with E-state index in [1.54, 1.807) is 0 Å². The Kier molecular flexibility index (Phi) is 3.59. The highest BCUT2D eigenvalue weighted by molar-refractivity contribution is 5.73. The van der Waals surface area contributed by atoms with Crippen molar-refractivity contribution in [3.8, 4) is 0 Å². The second kappa shape index (κ2) is 5.15. The summed E-state index contributed by atoms with van der Waals surface area (Å²) in [5.74, 6) is -0.216. The molecule has 1 aliphatic rings. The summed E-state index contributed by atoms with van der Waals surface area (Å²) >= 11 is 0. The lowest BCUT2D eigenvalue weighted by atomic mass is 9.97. The molecule has 0 spiro atoms. The lowest BCUT2D eigenvalue weighted by molar-refractivity contribution is -0.877. The maximum Gasteiger partial charge on any atom is 0.303 e. The van der Waals surface area contributed by atoms with Gasteiger partial charge in [-0.2, -0.15) is 0 Å². The lowest BCUT2D eigenvalue weighted by Crippen LogP contribution is -3.10. The number of hydrogen-bond acceptors (Lipinski definition) is 2. The SMILES string of the molecule is CC(=O)OC1C[NH+](C)CC=C1c1ccccc1. The summed E-state index contributed by atoms with van der Waals surface area (Å²) in [4.78, 5) is 12.5. The number of likely N-dealkylation sites (N-methyl/N-ethyl adjacent to an activating group) is 1. The maximum atomic E-state index is 11.1. The van der Waals surface area contributed by atoms with Crippen LogP contribution in [0.15, 0.2) is 36.4 Å². The van der Waals surface area contributed by atoms with E-state index in [0.717, 1.165) is 24.2 Å². The Hall–Kier alpha value is -1.61. The number of carbonyl (C=O) groups is 1. The molecule has 1 heterocycles. The second-order valence-corrected chi connectivity index (χ2v) is 4.49. The van der Waals surface area contributed by atoms with Crippen molar-refractivity contribution >= 4 is 11.5 Å². The molecule has 1 aliphatic heterocycles. The van der Waals surface area contributed by atoms with E-state index in [4.69, 9.17) is 4.74 Å². The van der Waals surface area contributed by atoms with Crippen LogP contribution in [0.4, 0.5) is 0 Å². The number of esters is 1. The van der Waals surface area contributed by atoms with Crippen LogP contribution in [0.1, 0.15) is 12.5 Å². The highest BCUT2D eigenvalue weighted by Gasteiger charge is 2.26. The van der Waals surface area contributed by atoms with Crippen LogP contribution in [0, 0.1) is 0 Å². The highest BCUT2D eigenvalue weighted by Crippen LogP contribution is 2.21. The molecule has 1 aromatic carbocycles. The normalized spacial score (nSPS) is 24.0. The summed E-state index contributed by atoms with van der Waals surface area (Å²) in [5, 5.41) is 0. The van der Waals surface area contributed by atoms with Gasteiger partial charge in [0.1, 0.15) is 6.54 Å². The zero-order valence-electron chi connectivity index (χ0n) is 10.3. The van der Waals surface area contributed by atoms with Crippen LogP contribution >= 0.6 is 0 Å². The number of rotatable bonds is 2. The average Bonchev–Trinajstić information content (AvgIpc) is 2.29. The van der Waals surface area contributed by atoms with Crippen molar-refractivity contribution < 1.29 is 14.4 Å². The van der Waals surface area contributed by atoms with Crippen molar-refractivity contribution in [2.45, 2.75) is 13.0 Å². The molecule has 2 unspecified atom stereocenters. The average molecular weight is 232 g/mol. The number of benzene rings is 1. The van der Waals surface area contributed by atoms with Gasteiger partial charge < -0.3 is 9.64 Å². The standard InChI is InChI=1S/C14H17NO2/c1-11(16)17-14-10-15(2)9-8-13(14)12-6-4-3-5-7-12/h3-8,14H,9-10H2,1-2H3/p+1. The Morgan fingerprint density at radius 1 is 1.35 bits per heavy atom. The van der Waals surface area contributed by atoms with Gasteiger partial charge in [0.2, 0.25) is 0 Å². The van der Waals surface area contributed by atoms with E-state index in [1.807, 2.05) is 18.2 Å². The van der Waals surface area contributed by atoms with Crippen molar-refractivity contribution in [1.82, 2.24) is 0 Å². The fraction of sp³-hybridized carbons (Fsp3) is 0.357. The first-order chi connectivity index (χ1) is 8.16. The molecule has 0 amide bonds. The van der Waals surface area contributed by atoms with Crippen LogP contribution in [0.5, 0.6) is 0 Å². The molecular formula is C14H18NO2+. The van der Waals surface area contributed by atoms with Gasteiger partial charge in [-0.3, -0.25) is 4.79 Å². The minimum absolute atomic E-state index is 0.122. The quantitative estimate of drug-likeness (QED) is 0.754. The number of nitrogens with one attached hydrogen (secondary N) is 1. The summed E-state index contributed by atoms with van der Waals surface area (Å²) in [6, 6.07) is 10.1. The van der Waals surface area contributed by atoms with Crippen molar-refractivity contribution in [2.75, 3.05) is 20.1 Å². The number of carbonyl (C=O) groups excluding carboxylic acids is 1. The van der Waals surface area contributed by atoms with Crippen LogP contribution in [0.2, 0.25) is 0 Å². The summed E-state index contributed by atoms with van der Waals surface area (Å²) < 4.78 is 5.40. The first-order valence-electron chi connectivity index (χ1n) is 5.91. The molecule has 0 aliphatic carbocycles. The largest absolute Gasteiger partial charge is 0.452 e. The molecule has 0 fully saturated rings. The molecular weight excluding hydrogens is 214 g/mol. The Morgan fingerprint density at radius 3 is 2.71 bits per heavy atom. The van der Waals surface area contributed by atoms with Crippen LogP contribution in [0.25, 0.3) is 5.57 Å². The zero-order valence-corrected chi connectivity index (χ0v) is 10.3.